The van der Waals surface area contributed by atoms with E-state index in [-0.39, 0.29) is 29.3 Å². The topological polar surface area (TPSA) is 140 Å². The third-order valence-electron chi connectivity index (χ3n) is 9.39. The first kappa shape index (κ1) is 28.0. The Morgan fingerprint density at radius 1 is 1.09 bits per heavy atom. The van der Waals surface area contributed by atoms with E-state index in [4.69, 9.17) is 9.47 Å². The molecule has 0 bridgehead atoms. The first-order valence-corrected chi connectivity index (χ1v) is 12.7. The van der Waals surface area contributed by atoms with Gasteiger partial charge in [0.15, 0.2) is 6.29 Å². The van der Waals surface area contributed by atoms with Crippen LogP contribution in [0.4, 0.5) is 0 Å². The van der Waals surface area contributed by atoms with E-state index in [0.29, 0.717) is 19.3 Å². The fourth-order valence-electron chi connectivity index (χ4n) is 7.26. The van der Waals surface area contributed by atoms with Crippen LogP contribution in [0.3, 0.4) is 0 Å². The molecule has 0 radical (unpaired) electrons. The van der Waals surface area contributed by atoms with E-state index in [1.165, 1.54) is 0 Å². The minimum Gasteiger partial charge on any atom is -0.394 e. The monoisotopic (exact) mass is 486 g/mol. The van der Waals surface area contributed by atoms with Gasteiger partial charge in [0.1, 0.15) is 24.4 Å². The minimum atomic E-state index is -1.47. The van der Waals surface area contributed by atoms with Crippen molar-refractivity contribution in [2.24, 2.45) is 22.7 Å². The maximum Gasteiger partial charge on any atom is 0.186 e. The largest absolute Gasteiger partial charge is 0.394 e. The predicted octanol–water partition coefficient (Wildman–Crippen LogP) is 1.49. The van der Waals surface area contributed by atoms with Crippen molar-refractivity contribution >= 4 is 0 Å². The summed E-state index contributed by atoms with van der Waals surface area (Å²) in [6.45, 7) is 11.6. The molecule has 1 aliphatic heterocycles. The van der Waals surface area contributed by atoms with Crippen molar-refractivity contribution in [3.63, 3.8) is 0 Å². The first-order chi connectivity index (χ1) is 15.7. The second kappa shape index (κ2) is 10.1. The second-order valence-corrected chi connectivity index (χ2v) is 12.1. The Hall–Kier alpha value is -0.580. The van der Waals surface area contributed by atoms with Crippen molar-refractivity contribution in [1.82, 2.24) is 0 Å². The number of ether oxygens (including phenoxy) is 2. The highest BCUT2D eigenvalue weighted by atomic mass is 16.7. The van der Waals surface area contributed by atoms with Crippen LogP contribution in [0.5, 0.6) is 0 Å². The van der Waals surface area contributed by atoms with Gasteiger partial charge in [0, 0.05) is 0 Å². The SMILES string of the molecule is C=C[C@](C)(O)CC[C@H]1[C@]2(C)CCC[C@@](C)(CO[C@@H]3O[C@H](CO)[C@@H](O)[C@H](O)[C@H]3O)[C@H]2CC[C@@]1(C)O. The van der Waals surface area contributed by atoms with E-state index < -0.39 is 48.5 Å². The maximum atomic E-state index is 11.4. The Morgan fingerprint density at radius 2 is 1.76 bits per heavy atom. The van der Waals surface area contributed by atoms with Gasteiger partial charge in [-0.1, -0.05) is 26.3 Å². The van der Waals surface area contributed by atoms with Crippen LogP contribution in [0, 0.1) is 22.7 Å². The summed E-state index contributed by atoms with van der Waals surface area (Å²) < 4.78 is 11.6. The summed E-state index contributed by atoms with van der Waals surface area (Å²) in [7, 11) is 0. The molecule has 0 unspecified atom stereocenters. The average Bonchev–Trinajstić information content (AvgIpc) is 2.76. The smallest absolute Gasteiger partial charge is 0.186 e. The van der Waals surface area contributed by atoms with Gasteiger partial charge in [-0.05, 0) is 75.0 Å². The van der Waals surface area contributed by atoms with Gasteiger partial charge in [0.05, 0.1) is 24.4 Å². The normalized spacial score (nSPS) is 49.2. The summed E-state index contributed by atoms with van der Waals surface area (Å²) >= 11 is 0. The van der Waals surface area contributed by atoms with Crippen molar-refractivity contribution in [2.45, 2.75) is 115 Å². The van der Waals surface area contributed by atoms with Crippen LogP contribution in [0.2, 0.25) is 0 Å². The molecule has 0 aromatic heterocycles. The molecule has 2 aliphatic carbocycles. The molecule has 2 saturated carbocycles. The molecule has 6 N–H and O–H groups in total. The molecule has 3 fully saturated rings. The quantitative estimate of drug-likeness (QED) is 0.284. The van der Waals surface area contributed by atoms with Crippen LogP contribution in [-0.4, -0.2) is 85.8 Å². The second-order valence-electron chi connectivity index (χ2n) is 12.1. The van der Waals surface area contributed by atoms with Crippen molar-refractivity contribution in [2.75, 3.05) is 13.2 Å². The molecule has 11 atom stereocenters. The Morgan fingerprint density at radius 3 is 2.38 bits per heavy atom. The van der Waals surface area contributed by atoms with Gasteiger partial charge in [0.2, 0.25) is 0 Å². The standard InChI is InChI=1S/C26H46O8/c1-6-24(3,31)12-8-18-25(4)11-7-10-23(2,17(25)9-13-26(18,5)32)15-33-22-21(30)20(29)19(28)16(14-27)34-22/h6,16-22,27-32H,1,7-15H2,2-5H3/t16-,17-,18+,19-,20+,21-,22-,23+,24+,25-,26-/m1/s1. The summed E-state index contributed by atoms with van der Waals surface area (Å²) in [4.78, 5) is 0. The van der Waals surface area contributed by atoms with E-state index in [1.54, 1.807) is 13.0 Å². The number of hydrogen-bond donors (Lipinski definition) is 6. The zero-order valence-electron chi connectivity index (χ0n) is 21.2. The van der Waals surface area contributed by atoms with Crippen molar-refractivity contribution < 1.29 is 40.1 Å². The third-order valence-corrected chi connectivity index (χ3v) is 9.39. The lowest BCUT2D eigenvalue weighted by molar-refractivity contribution is -0.310. The molecule has 3 aliphatic rings. The summed E-state index contributed by atoms with van der Waals surface area (Å²) in [6.07, 6.45) is 0.679. The number of aliphatic hydroxyl groups excluding tert-OH is 4. The van der Waals surface area contributed by atoms with Crippen LogP contribution in [-0.2, 0) is 9.47 Å². The molecule has 8 nitrogen and oxygen atoms in total. The molecule has 3 rings (SSSR count). The van der Waals surface area contributed by atoms with E-state index in [1.807, 2.05) is 6.92 Å². The Labute approximate surface area is 203 Å². The third kappa shape index (κ3) is 5.25. The molecule has 0 aromatic carbocycles. The predicted molar refractivity (Wildman–Crippen MR) is 127 cm³/mol. The Balaban J connectivity index is 1.78. The zero-order valence-corrected chi connectivity index (χ0v) is 21.2. The van der Waals surface area contributed by atoms with Crippen molar-refractivity contribution in [3.8, 4) is 0 Å². The van der Waals surface area contributed by atoms with Gasteiger partial charge in [-0.2, -0.15) is 0 Å². The first-order valence-electron chi connectivity index (χ1n) is 12.7. The Kier molecular flexibility index (Phi) is 8.28. The fraction of sp³-hybridized carbons (Fsp3) is 0.923. The molecule has 0 amide bonds. The summed E-state index contributed by atoms with van der Waals surface area (Å²) in [6, 6.07) is 0. The molecule has 198 valence electrons. The van der Waals surface area contributed by atoms with Gasteiger partial charge in [0.25, 0.3) is 0 Å². The van der Waals surface area contributed by atoms with Gasteiger partial charge < -0.3 is 40.1 Å². The molecular weight excluding hydrogens is 440 g/mol. The van der Waals surface area contributed by atoms with Crippen molar-refractivity contribution in [1.29, 1.82) is 0 Å². The molecule has 34 heavy (non-hydrogen) atoms. The lowest BCUT2D eigenvalue weighted by Gasteiger charge is -2.62. The Bertz CT molecular complexity index is 709. The van der Waals surface area contributed by atoms with Gasteiger partial charge >= 0.3 is 0 Å². The lowest BCUT2D eigenvalue weighted by atomic mass is 9.44. The molecule has 1 saturated heterocycles. The number of rotatable bonds is 8. The summed E-state index contributed by atoms with van der Waals surface area (Å²) in [5.74, 6) is 0.245. The highest BCUT2D eigenvalue weighted by Gasteiger charge is 2.59. The maximum absolute atomic E-state index is 11.4. The highest BCUT2D eigenvalue weighted by Crippen LogP contribution is 2.63. The van der Waals surface area contributed by atoms with Gasteiger partial charge in [-0.15, -0.1) is 6.58 Å². The number of aliphatic hydroxyl groups is 6. The van der Waals surface area contributed by atoms with Crippen LogP contribution >= 0.6 is 0 Å². The van der Waals surface area contributed by atoms with E-state index >= 15 is 0 Å². The number of fused-ring (bicyclic) bond motifs is 1. The van der Waals surface area contributed by atoms with E-state index in [9.17, 15) is 30.6 Å². The van der Waals surface area contributed by atoms with E-state index in [2.05, 4.69) is 20.4 Å². The molecule has 0 spiro atoms. The summed E-state index contributed by atoms with van der Waals surface area (Å²) in [5, 5.41) is 61.9. The van der Waals surface area contributed by atoms with Gasteiger partial charge in [-0.3, -0.25) is 0 Å². The summed E-state index contributed by atoms with van der Waals surface area (Å²) in [5.41, 5.74) is -2.23. The molecule has 1 heterocycles. The van der Waals surface area contributed by atoms with Crippen LogP contribution in [0.1, 0.15) is 72.6 Å². The molecular formula is C26H46O8. The highest BCUT2D eigenvalue weighted by molar-refractivity contribution is 5.09. The zero-order chi connectivity index (χ0) is 25.5. The van der Waals surface area contributed by atoms with Crippen LogP contribution in [0.25, 0.3) is 0 Å². The van der Waals surface area contributed by atoms with E-state index in [0.717, 1.165) is 25.7 Å². The average molecular weight is 487 g/mol. The molecule has 8 heteroatoms. The van der Waals surface area contributed by atoms with Gasteiger partial charge in [-0.25, -0.2) is 0 Å². The minimum absolute atomic E-state index is 0.00272. The van der Waals surface area contributed by atoms with Crippen LogP contribution in [0.15, 0.2) is 12.7 Å². The fourth-order valence-corrected chi connectivity index (χ4v) is 7.26. The van der Waals surface area contributed by atoms with Crippen LogP contribution < -0.4 is 0 Å². The molecule has 0 aromatic rings. The number of hydrogen-bond acceptors (Lipinski definition) is 8. The lowest BCUT2D eigenvalue weighted by Crippen LogP contribution is -2.61. The van der Waals surface area contributed by atoms with Crippen molar-refractivity contribution in [3.05, 3.63) is 12.7 Å².